The number of carbonyl (C=O) groups excluding carboxylic acids is 1. The SMILES string of the molecule is CC1CN(S(=O)(=O)c2cccc(C(=O)N3CCN(C)c4nc5ccccc5nc43)c2)CC(C)O1. The molecule has 3 aromatic rings. The molecule has 1 aromatic heterocycles. The predicted molar refractivity (Wildman–Crippen MR) is 130 cm³/mol. The van der Waals surface area contributed by atoms with E-state index >= 15 is 0 Å². The van der Waals surface area contributed by atoms with Gasteiger partial charge in [-0.2, -0.15) is 4.31 Å². The molecule has 3 heterocycles. The zero-order valence-electron chi connectivity index (χ0n) is 19.4. The van der Waals surface area contributed by atoms with E-state index in [-0.39, 0.29) is 36.1 Å². The van der Waals surface area contributed by atoms with Gasteiger partial charge in [0.2, 0.25) is 10.0 Å². The first-order valence-corrected chi connectivity index (χ1v) is 12.7. The number of fused-ring (bicyclic) bond motifs is 2. The molecule has 1 fully saturated rings. The minimum absolute atomic E-state index is 0.0959. The minimum atomic E-state index is -3.77. The van der Waals surface area contributed by atoms with Crippen molar-refractivity contribution < 1.29 is 17.9 Å². The highest BCUT2D eigenvalue weighted by molar-refractivity contribution is 7.89. The van der Waals surface area contributed by atoms with Crippen LogP contribution in [0.1, 0.15) is 24.2 Å². The Labute approximate surface area is 199 Å². The smallest absolute Gasteiger partial charge is 0.259 e. The van der Waals surface area contributed by atoms with Crippen LogP contribution in [0.2, 0.25) is 0 Å². The largest absolute Gasteiger partial charge is 0.373 e. The normalized spacial score (nSPS) is 21.5. The van der Waals surface area contributed by atoms with Crippen molar-refractivity contribution in [3.63, 3.8) is 0 Å². The Balaban J connectivity index is 1.49. The monoisotopic (exact) mass is 481 g/mol. The molecule has 9 nitrogen and oxygen atoms in total. The van der Waals surface area contributed by atoms with Gasteiger partial charge in [0, 0.05) is 38.8 Å². The van der Waals surface area contributed by atoms with Crippen molar-refractivity contribution in [3.05, 3.63) is 54.1 Å². The van der Waals surface area contributed by atoms with Crippen LogP contribution in [-0.2, 0) is 14.8 Å². The topological polar surface area (TPSA) is 95.9 Å². The van der Waals surface area contributed by atoms with Gasteiger partial charge >= 0.3 is 0 Å². The van der Waals surface area contributed by atoms with Crippen LogP contribution in [0, 0.1) is 0 Å². The maximum absolute atomic E-state index is 13.6. The Morgan fingerprint density at radius 1 is 0.941 bits per heavy atom. The molecule has 2 atom stereocenters. The van der Waals surface area contributed by atoms with E-state index in [9.17, 15) is 13.2 Å². The van der Waals surface area contributed by atoms with Crippen molar-refractivity contribution in [1.29, 1.82) is 0 Å². The summed E-state index contributed by atoms with van der Waals surface area (Å²) in [4.78, 5) is 26.7. The van der Waals surface area contributed by atoms with Gasteiger partial charge in [0.1, 0.15) is 0 Å². The van der Waals surface area contributed by atoms with Crippen molar-refractivity contribution in [1.82, 2.24) is 14.3 Å². The third-order valence-electron chi connectivity index (χ3n) is 6.16. The van der Waals surface area contributed by atoms with Crippen LogP contribution >= 0.6 is 0 Å². The molecule has 0 radical (unpaired) electrons. The first kappa shape index (κ1) is 22.7. The number of sulfonamides is 1. The molecule has 2 aliphatic rings. The van der Waals surface area contributed by atoms with E-state index in [4.69, 9.17) is 14.7 Å². The summed E-state index contributed by atoms with van der Waals surface area (Å²) in [7, 11) is -1.85. The molecule has 1 saturated heterocycles. The summed E-state index contributed by atoms with van der Waals surface area (Å²) < 4.78 is 33.8. The number of ether oxygens (including phenoxy) is 1. The van der Waals surface area contributed by atoms with Crippen LogP contribution in [0.3, 0.4) is 0 Å². The Kier molecular flexibility index (Phi) is 5.75. The molecule has 2 aromatic carbocycles. The number of para-hydroxylation sites is 2. The molecular weight excluding hydrogens is 454 g/mol. The van der Waals surface area contributed by atoms with Crippen LogP contribution < -0.4 is 9.80 Å². The molecule has 34 heavy (non-hydrogen) atoms. The van der Waals surface area contributed by atoms with Gasteiger partial charge < -0.3 is 9.64 Å². The van der Waals surface area contributed by atoms with Crippen molar-refractivity contribution in [2.45, 2.75) is 31.0 Å². The standard InChI is InChI=1S/C24H27N5O4S/c1-16-14-28(15-17(2)33-16)34(31,32)19-8-6-7-18(13-19)24(30)29-12-11-27(3)22-23(29)26-21-10-5-4-9-20(21)25-22/h4-10,13,16-17H,11-12,14-15H2,1-3H3. The molecule has 5 rings (SSSR count). The number of morpholine rings is 1. The number of rotatable bonds is 3. The highest BCUT2D eigenvalue weighted by Gasteiger charge is 2.34. The number of hydrogen-bond donors (Lipinski definition) is 0. The zero-order valence-corrected chi connectivity index (χ0v) is 20.2. The average Bonchev–Trinajstić information content (AvgIpc) is 2.82. The first-order valence-electron chi connectivity index (χ1n) is 11.3. The average molecular weight is 482 g/mol. The fourth-order valence-corrected chi connectivity index (χ4v) is 6.14. The van der Waals surface area contributed by atoms with Crippen molar-refractivity contribution in [2.75, 3.05) is 43.0 Å². The van der Waals surface area contributed by atoms with Gasteiger partial charge in [0.25, 0.3) is 5.91 Å². The number of amides is 1. The zero-order chi connectivity index (χ0) is 24.0. The lowest BCUT2D eigenvalue weighted by atomic mass is 10.2. The van der Waals surface area contributed by atoms with Gasteiger partial charge in [0.15, 0.2) is 11.6 Å². The molecule has 10 heteroatoms. The summed E-state index contributed by atoms with van der Waals surface area (Å²) in [6, 6.07) is 13.8. The van der Waals surface area contributed by atoms with E-state index in [2.05, 4.69) is 0 Å². The second-order valence-electron chi connectivity index (χ2n) is 8.85. The maximum Gasteiger partial charge on any atom is 0.259 e. The minimum Gasteiger partial charge on any atom is -0.373 e. The number of likely N-dealkylation sites (N-methyl/N-ethyl adjacent to an activating group) is 1. The summed E-state index contributed by atoms with van der Waals surface area (Å²) in [6.45, 7) is 5.28. The van der Waals surface area contributed by atoms with E-state index < -0.39 is 10.0 Å². The van der Waals surface area contributed by atoms with Crippen molar-refractivity contribution in [3.8, 4) is 0 Å². The fourth-order valence-electron chi connectivity index (χ4n) is 4.50. The van der Waals surface area contributed by atoms with E-state index in [1.165, 1.54) is 16.4 Å². The van der Waals surface area contributed by atoms with E-state index in [0.29, 0.717) is 35.8 Å². The number of nitrogens with zero attached hydrogens (tertiary/aromatic N) is 5. The summed E-state index contributed by atoms with van der Waals surface area (Å²) in [5.74, 6) is 0.791. The lowest BCUT2D eigenvalue weighted by Gasteiger charge is -2.35. The van der Waals surface area contributed by atoms with Crippen LogP contribution in [0.25, 0.3) is 11.0 Å². The van der Waals surface area contributed by atoms with Crippen LogP contribution in [0.5, 0.6) is 0 Å². The molecule has 2 aliphatic heterocycles. The number of aromatic nitrogens is 2. The van der Waals surface area contributed by atoms with Crippen LogP contribution in [0.4, 0.5) is 11.6 Å². The van der Waals surface area contributed by atoms with Gasteiger partial charge in [-0.05, 0) is 44.2 Å². The second-order valence-corrected chi connectivity index (χ2v) is 10.8. The molecule has 0 spiro atoms. The summed E-state index contributed by atoms with van der Waals surface area (Å²) >= 11 is 0. The first-order chi connectivity index (χ1) is 16.2. The number of anilines is 2. The van der Waals surface area contributed by atoms with Gasteiger partial charge in [0.05, 0.1) is 28.1 Å². The summed E-state index contributed by atoms with van der Waals surface area (Å²) in [6.07, 6.45) is -0.392. The summed E-state index contributed by atoms with van der Waals surface area (Å²) in [5.41, 5.74) is 1.74. The number of benzene rings is 2. The van der Waals surface area contributed by atoms with E-state index in [1.54, 1.807) is 17.0 Å². The Morgan fingerprint density at radius 2 is 1.59 bits per heavy atom. The molecule has 0 aliphatic carbocycles. The Hall–Kier alpha value is -3.08. The molecule has 2 unspecified atom stereocenters. The fraction of sp³-hybridized carbons (Fsp3) is 0.375. The quantitative estimate of drug-likeness (QED) is 0.567. The number of hydrogen-bond acceptors (Lipinski definition) is 7. The predicted octanol–water partition coefficient (Wildman–Crippen LogP) is 2.52. The van der Waals surface area contributed by atoms with Crippen molar-refractivity contribution in [2.24, 2.45) is 0 Å². The lowest BCUT2D eigenvalue weighted by molar-refractivity contribution is -0.0440. The summed E-state index contributed by atoms with van der Waals surface area (Å²) in [5, 5.41) is 0. The third-order valence-corrected chi connectivity index (χ3v) is 7.99. The Morgan fingerprint density at radius 3 is 2.26 bits per heavy atom. The molecule has 0 saturated carbocycles. The van der Waals surface area contributed by atoms with Gasteiger partial charge in [-0.15, -0.1) is 0 Å². The molecule has 178 valence electrons. The third kappa shape index (κ3) is 4.02. The molecule has 0 bridgehead atoms. The molecule has 0 N–H and O–H groups in total. The number of carbonyl (C=O) groups is 1. The van der Waals surface area contributed by atoms with E-state index in [0.717, 1.165) is 5.52 Å². The van der Waals surface area contributed by atoms with Gasteiger partial charge in [-0.3, -0.25) is 9.69 Å². The van der Waals surface area contributed by atoms with Crippen LogP contribution in [-0.4, -0.2) is 74.0 Å². The van der Waals surface area contributed by atoms with Crippen molar-refractivity contribution >= 4 is 38.6 Å². The second kappa shape index (κ2) is 8.61. The highest BCUT2D eigenvalue weighted by Crippen LogP contribution is 2.32. The lowest BCUT2D eigenvalue weighted by Crippen LogP contribution is -2.48. The Bertz CT molecular complexity index is 1350. The van der Waals surface area contributed by atoms with E-state index in [1.807, 2.05) is 50.1 Å². The highest BCUT2D eigenvalue weighted by atomic mass is 32.2. The molecule has 1 amide bonds. The maximum atomic E-state index is 13.6. The van der Waals surface area contributed by atoms with Crippen LogP contribution in [0.15, 0.2) is 53.4 Å². The van der Waals surface area contributed by atoms with Gasteiger partial charge in [-0.1, -0.05) is 18.2 Å². The molecular formula is C24H27N5O4S. The van der Waals surface area contributed by atoms with Gasteiger partial charge in [-0.25, -0.2) is 18.4 Å².